The van der Waals surface area contributed by atoms with Gasteiger partial charge in [0.05, 0.1) is 5.56 Å². The lowest BCUT2D eigenvalue weighted by Gasteiger charge is -1.98. The van der Waals surface area contributed by atoms with Gasteiger partial charge in [0.25, 0.3) is 0 Å². The Morgan fingerprint density at radius 1 is 1.70 bits per heavy atom. The van der Waals surface area contributed by atoms with Gasteiger partial charge in [0.2, 0.25) is 0 Å². The van der Waals surface area contributed by atoms with E-state index in [1.165, 1.54) is 6.20 Å². The summed E-state index contributed by atoms with van der Waals surface area (Å²) < 4.78 is 0. The van der Waals surface area contributed by atoms with Crippen molar-refractivity contribution in [1.29, 1.82) is 5.41 Å². The Morgan fingerprint density at radius 3 is 2.80 bits per heavy atom. The molecule has 0 atom stereocenters. The molecular weight excluding hydrogens is 150 g/mol. The summed E-state index contributed by atoms with van der Waals surface area (Å²) in [6.45, 7) is 0. The first-order valence-corrected chi connectivity index (χ1v) is 3.04. The quantitative estimate of drug-likeness (QED) is 0.475. The molecule has 52 valence electrons. The topological polar surface area (TPSA) is 62.8 Å². The summed E-state index contributed by atoms with van der Waals surface area (Å²) in [4.78, 5) is 3.74. The highest BCUT2D eigenvalue weighted by atomic mass is 35.5. The summed E-state index contributed by atoms with van der Waals surface area (Å²) in [5.41, 5.74) is 6.41. The molecule has 4 heteroatoms. The summed E-state index contributed by atoms with van der Waals surface area (Å²) >= 11 is 5.59. The van der Waals surface area contributed by atoms with Gasteiger partial charge in [-0.05, 0) is 6.07 Å². The lowest BCUT2D eigenvalue weighted by molar-refractivity contribution is 1.32. The molecule has 0 bridgehead atoms. The second-order valence-corrected chi connectivity index (χ2v) is 2.11. The number of aromatic nitrogens is 1. The monoisotopic (exact) mass is 155 g/mol. The number of rotatable bonds is 1. The number of nitrogens with zero attached hydrogens (tertiary/aromatic N) is 1. The van der Waals surface area contributed by atoms with Crippen molar-refractivity contribution in [3.63, 3.8) is 0 Å². The number of nitrogens with one attached hydrogen (secondary N) is 1. The van der Waals surface area contributed by atoms with Gasteiger partial charge in [0.15, 0.2) is 0 Å². The van der Waals surface area contributed by atoms with Gasteiger partial charge in [0.1, 0.15) is 5.15 Å². The Kier molecular flexibility index (Phi) is 1.87. The molecule has 0 saturated carbocycles. The summed E-state index contributed by atoms with van der Waals surface area (Å²) in [5, 5.41) is 7.17. The van der Waals surface area contributed by atoms with Gasteiger partial charge in [-0.3, -0.25) is 0 Å². The molecule has 1 heterocycles. The molecule has 0 aliphatic heterocycles. The van der Waals surface area contributed by atoms with E-state index in [0.29, 0.717) is 11.3 Å². The molecule has 0 aliphatic rings. The molecule has 1 aromatic rings. The normalized spacial score (nSPS) is 9.30. The van der Waals surface area contributed by atoms with Crippen molar-refractivity contribution in [2.24, 2.45) is 0 Å². The van der Waals surface area contributed by atoms with Crippen LogP contribution in [-0.4, -0.2) is 11.2 Å². The van der Waals surface area contributed by atoms with Gasteiger partial charge in [-0.1, -0.05) is 11.6 Å². The number of anilines is 1. The van der Waals surface area contributed by atoms with E-state index in [1.54, 1.807) is 6.07 Å². The van der Waals surface area contributed by atoms with E-state index in [9.17, 15) is 0 Å². The summed E-state index contributed by atoms with van der Waals surface area (Å²) in [5.74, 6) is 0. The zero-order valence-electron chi connectivity index (χ0n) is 5.13. The number of nitrogens with two attached hydrogens (primary N) is 1. The van der Waals surface area contributed by atoms with Crippen LogP contribution in [0.25, 0.3) is 0 Å². The van der Waals surface area contributed by atoms with Crippen LogP contribution in [0, 0.1) is 5.41 Å². The number of hydrogen-bond donors (Lipinski definition) is 2. The second-order valence-electron chi connectivity index (χ2n) is 1.75. The lowest BCUT2D eigenvalue weighted by Crippen LogP contribution is -1.94. The van der Waals surface area contributed by atoms with Crippen molar-refractivity contribution in [1.82, 2.24) is 4.98 Å². The third-order valence-corrected chi connectivity index (χ3v) is 1.42. The maximum absolute atomic E-state index is 6.90. The van der Waals surface area contributed by atoms with Gasteiger partial charge in [-0.2, -0.15) is 0 Å². The van der Waals surface area contributed by atoms with Crippen molar-refractivity contribution in [2.75, 3.05) is 5.73 Å². The zero-order chi connectivity index (χ0) is 7.56. The van der Waals surface area contributed by atoms with Crippen LogP contribution in [0.3, 0.4) is 0 Å². The molecule has 0 spiro atoms. The van der Waals surface area contributed by atoms with Crippen LogP contribution < -0.4 is 5.73 Å². The predicted octanol–water partition coefficient (Wildman–Crippen LogP) is 1.31. The van der Waals surface area contributed by atoms with Crippen LogP contribution in [0.2, 0.25) is 5.15 Å². The Bertz CT molecular complexity index is 239. The fourth-order valence-corrected chi connectivity index (χ4v) is 0.824. The minimum Gasteiger partial charge on any atom is -0.398 e. The molecule has 1 rings (SSSR count). The van der Waals surface area contributed by atoms with Gasteiger partial charge < -0.3 is 11.1 Å². The van der Waals surface area contributed by atoms with Crippen LogP contribution in [-0.2, 0) is 0 Å². The largest absolute Gasteiger partial charge is 0.398 e. The fraction of sp³-hybridized carbons (Fsp3) is 0. The highest BCUT2D eigenvalue weighted by Gasteiger charge is 2.00. The minimum absolute atomic E-state index is 0.273. The Balaban J connectivity index is 3.30. The van der Waals surface area contributed by atoms with E-state index in [1.807, 2.05) is 0 Å². The summed E-state index contributed by atoms with van der Waals surface area (Å²) in [6, 6.07) is 1.60. The van der Waals surface area contributed by atoms with Crippen molar-refractivity contribution < 1.29 is 0 Å². The van der Waals surface area contributed by atoms with Gasteiger partial charge >= 0.3 is 0 Å². The first-order chi connectivity index (χ1) is 4.75. The molecule has 0 aliphatic carbocycles. The Hall–Kier alpha value is -1.09. The van der Waals surface area contributed by atoms with Crippen LogP contribution in [0.5, 0.6) is 0 Å². The van der Waals surface area contributed by atoms with Crippen LogP contribution in [0.1, 0.15) is 5.56 Å². The van der Waals surface area contributed by atoms with Gasteiger partial charge in [-0.25, -0.2) is 4.98 Å². The molecule has 3 nitrogen and oxygen atoms in total. The second kappa shape index (κ2) is 2.66. The average Bonchev–Trinajstić information content (AvgIpc) is 1.88. The molecule has 3 N–H and O–H groups in total. The molecule has 0 aromatic carbocycles. The Morgan fingerprint density at radius 2 is 2.40 bits per heavy atom. The molecule has 0 amide bonds. The van der Waals surface area contributed by atoms with Crippen molar-refractivity contribution >= 4 is 23.5 Å². The third-order valence-electron chi connectivity index (χ3n) is 1.12. The van der Waals surface area contributed by atoms with Crippen LogP contribution in [0.15, 0.2) is 12.3 Å². The zero-order valence-corrected chi connectivity index (χ0v) is 5.89. The van der Waals surface area contributed by atoms with E-state index >= 15 is 0 Å². The highest BCUT2D eigenvalue weighted by Crippen LogP contribution is 2.15. The average molecular weight is 156 g/mol. The SMILES string of the molecule is N=Cc1c(N)ccnc1Cl. The summed E-state index contributed by atoms with van der Waals surface area (Å²) in [6.07, 6.45) is 2.59. The van der Waals surface area contributed by atoms with Crippen molar-refractivity contribution in [3.05, 3.63) is 23.0 Å². The van der Waals surface area contributed by atoms with E-state index < -0.39 is 0 Å². The Labute approximate surface area is 63.3 Å². The van der Waals surface area contributed by atoms with Crippen LogP contribution in [0.4, 0.5) is 5.69 Å². The standard InChI is InChI=1S/C6H6ClN3/c7-6-4(3-8)5(9)1-2-10-6/h1-3,8H,(H2,9,10). The molecule has 1 aromatic heterocycles. The molecule has 0 fully saturated rings. The van der Waals surface area contributed by atoms with Crippen LogP contribution >= 0.6 is 11.6 Å². The van der Waals surface area contributed by atoms with Crippen molar-refractivity contribution in [2.45, 2.75) is 0 Å². The first-order valence-electron chi connectivity index (χ1n) is 2.66. The lowest BCUT2D eigenvalue weighted by atomic mass is 10.2. The third kappa shape index (κ3) is 1.09. The van der Waals surface area contributed by atoms with Gasteiger partial charge in [0, 0.05) is 18.1 Å². The number of hydrogen-bond acceptors (Lipinski definition) is 3. The van der Waals surface area contributed by atoms with Gasteiger partial charge in [-0.15, -0.1) is 0 Å². The first kappa shape index (κ1) is 7.02. The number of pyridine rings is 1. The molecule has 10 heavy (non-hydrogen) atoms. The molecule has 0 saturated heterocycles. The molecule has 0 radical (unpaired) electrons. The van der Waals surface area contributed by atoms with E-state index in [2.05, 4.69) is 4.98 Å². The van der Waals surface area contributed by atoms with E-state index in [-0.39, 0.29) is 5.15 Å². The highest BCUT2D eigenvalue weighted by molar-refractivity contribution is 6.32. The molecule has 0 unspecified atom stereocenters. The fourth-order valence-electron chi connectivity index (χ4n) is 0.604. The van der Waals surface area contributed by atoms with E-state index in [4.69, 9.17) is 22.7 Å². The predicted molar refractivity (Wildman–Crippen MR) is 41.5 cm³/mol. The smallest absolute Gasteiger partial charge is 0.139 e. The molecular formula is C6H6ClN3. The summed E-state index contributed by atoms with van der Waals surface area (Å²) in [7, 11) is 0. The van der Waals surface area contributed by atoms with Crippen molar-refractivity contribution in [3.8, 4) is 0 Å². The minimum atomic E-state index is 0.273. The maximum Gasteiger partial charge on any atom is 0.139 e. The maximum atomic E-state index is 6.90. The van der Waals surface area contributed by atoms with E-state index in [0.717, 1.165) is 6.21 Å². The number of nitrogen functional groups attached to an aromatic ring is 1. The number of halogens is 1.